The Labute approximate surface area is 145 Å². The standard InChI is InChI=1S/C18H21N3O2S/c1-11-10-24-17(20-11)16(12-6-7-12)21-18(22)19-9-14-8-13-4-2-3-5-15(13)23-14/h2-5,10,12,14,16H,6-9H2,1H3,(H2,19,21,22)/t14-,16+/m1/s1. The molecule has 1 fully saturated rings. The monoisotopic (exact) mass is 343 g/mol. The Morgan fingerprint density at radius 2 is 2.25 bits per heavy atom. The van der Waals surface area contributed by atoms with Crippen molar-refractivity contribution in [2.45, 2.75) is 38.3 Å². The number of aromatic nitrogens is 1. The molecule has 5 nitrogen and oxygen atoms in total. The Kier molecular flexibility index (Phi) is 4.14. The first-order valence-corrected chi connectivity index (χ1v) is 9.28. The van der Waals surface area contributed by atoms with Gasteiger partial charge in [0, 0.05) is 17.5 Å². The quantitative estimate of drug-likeness (QED) is 0.876. The second-order valence-corrected chi connectivity index (χ2v) is 7.44. The summed E-state index contributed by atoms with van der Waals surface area (Å²) in [6.07, 6.45) is 3.17. The lowest BCUT2D eigenvalue weighted by Crippen LogP contribution is -2.42. The molecule has 2 heterocycles. The molecule has 1 aliphatic heterocycles. The summed E-state index contributed by atoms with van der Waals surface area (Å²) in [7, 11) is 0. The van der Waals surface area contributed by atoms with Crippen LogP contribution in [-0.2, 0) is 6.42 Å². The fourth-order valence-electron chi connectivity index (χ4n) is 3.09. The molecule has 4 rings (SSSR count). The first-order valence-electron chi connectivity index (χ1n) is 8.40. The molecule has 6 heteroatoms. The van der Waals surface area contributed by atoms with Crippen LogP contribution in [0.4, 0.5) is 4.79 Å². The topological polar surface area (TPSA) is 63.2 Å². The van der Waals surface area contributed by atoms with Gasteiger partial charge < -0.3 is 15.4 Å². The number of carbonyl (C=O) groups is 1. The van der Waals surface area contributed by atoms with E-state index in [0.717, 1.165) is 35.7 Å². The van der Waals surface area contributed by atoms with Crippen LogP contribution in [0, 0.1) is 12.8 Å². The van der Waals surface area contributed by atoms with Crippen molar-refractivity contribution in [1.82, 2.24) is 15.6 Å². The Bertz CT molecular complexity index is 716. The third kappa shape index (κ3) is 3.38. The van der Waals surface area contributed by atoms with E-state index in [1.165, 1.54) is 5.56 Å². The van der Waals surface area contributed by atoms with E-state index in [0.29, 0.717) is 12.5 Å². The molecule has 126 valence electrons. The summed E-state index contributed by atoms with van der Waals surface area (Å²) in [6, 6.07) is 7.93. The predicted octanol–water partition coefficient (Wildman–Crippen LogP) is 3.21. The fourth-order valence-corrected chi connectivity index (χ4v) is 4.03. The van der Waals surface area contributed by atoms with E-state index in [4.69, 9.17) is 4.74 Å². The fraction of sp³-hybridized carbons (Fsp3) is 0.444. The third-order valence-electron chi connectivity index (χ3n) is 4.49. The number of rotatable bonds is 5. The van der Waals surface area contributed by atoms with Crippen LogP contribution in [-0.4, -0.2) is 23.7 Å². The van der Waals surface area contributed by atoms with Crippen LogP contribution < -0.4 is 15.4 Å². The largest absolute Gasteiger partial charge is 0.488 e. The Hall–Kier alpha value is -2.08. The number of aryl methyl sites for hydroxylation is 1. The van der Waals surface area contributed by atoms with Crippen LogP contribution in [0.25, 0.3) is 0 Å². The van der Waals surface area contributed by atoms with E-state index in [-0.39, 0.29) is 18.2 Å². The Morgan fingerprint density at radius 3 is 2.96 bits per heavy atom. The lowest BCUT2D eigenvalue weighted by Gasteiger charge is -2.18. The number of fused-ring (bicyclic) bond motifs is 1. The molecule has 0 unspecified atom stereocenters. The third-order valence-corrected chi connectivity index (χ3v) is 5.53. The molecule has 0 radical (unpaired) electrons. The maximum atomic E-state index is 12.3. The number of hydrogen-bond donors (Lipinski definition) is 2. The molecule has 2 atom stereocenters. The highest BCUT2D eigenvalue weighted by molar-refractivity contribution is 7.09. The van der Waals surface area contributed by atoms with Crippen molar-refractivity contribution in [2.24, 2.45) is 5.92 Å². The minimum atomic E-state index is -0.140. The first-order chi connectivity index (χ1) is 11.7. The maximum Gasteiger partial charge on any atom is 0.315 e. The van der Waals surface area contributed by atoms with Gasteiger partial charge in [-0.05, 0) is 37.3 Å². The van der Waals surface area contributed by atoms with Crippen LogP contribution in [0.15, 0.2) is 29.6 Å². The van der Waals surface area contributed by atoms with Crippen LogP contribution in [0.5, 0.6) is 5.75 Å². The maximum absolute atomic E-state index is 12.3. The minimum Gasteiger partial charge on any atom is -0.488 e. The van der Waals surface area contributed by atoms with E-state index in [1.54, 1.807) is 11.3 Å². The van der Waals surface area contributed by atoms with Gasteiger partial charge in [0.2, 0.25) is 0 Å². The number of hydrogen-bond acceptors (Lipinski definition) is 4. The van der Waals surface area contributed by atoms with Crippen LogP contribution >= 0.6 is 11.3 Å². The number of urea groups is 1. The number of thiazole rings is 1. The van der Waals surface area contributed by atoms with Gasteiger partial charge in [-0.2, -0.15) is 0 Å². The summed E-state index contributed by atoms with van der Waals surface area (Å²) in [5.41, 5.74) is 2.22. The van der Waals surface area contributed by atoms with Gasteiger partial charge >= 0.3 is 6.03 Å². The highest BCUT2D eigenvalue weighted by Gasteiger charge is 2.35. The highest BCUT2D eigenvalue weighted by atomic mass is 32.1. The van der Waals surface area contributed by atoms with Gasteiger partial charge in [-0.3, -0.25) is 0 Å². The van der Waals surface area contributed by atoms with Crippen molar-refractivity contribution in [1.29, 1.82) is 0 Å². The van der Waals surface area contributed by atoms with E-state index >= 15 is 0 Å². The summed E-state index contributed by atoms with van der Waals surface area (Å²) in [5, 5.41) is 9.09. The van der Waals surface area contributed by atoms with Crippen LogP contribution in [0.3, 0.4) is 0 Å². The molecule has 1 saturated carbocycles. The zero-order chi connectivity index (χ0) is 16.5. The molecule has 0 spiro atoms. The van der Waals surface area contributed by atoms with Crippen LogP contribution in [0.1, 0.15) is 35.1 Å². The summed E-state index contributed by atoms with van der Waals surface area (Å²) in [6.45, 7) is 2.49. The normalized spacial score (nSPS) is 20.1. The molecular weight excluding hydrogens is 322 g/mol. The zero-order valence-electron chi connectivity index (χ0n) is 13.6. The minimum absolute atomic E-state index is 0.00892. The van der Waals surface area contributed by atoms with Crippen molar-refractivity contribution in [3.05, 3.63) is 45.9 Å². The molecule has 0 saturated heterocycles. The van der Waals surface area contributed by atoms with E-state index in [1.807, 2.05) is 30.5 Å². The van der Waals surface area contributed by atoms with Gasteiger partial charge in [-0.25, -0.2) is 9.78 Å². The van der Waals surface area contributed by atoms with Gasteiger partial charge in [-0.1, -0.05) is 18.2 Å². The molecule has 1 aromatic carbocycles. The molecule has 2 amide bonds. The van der Waals surface area contributed by atoms with Gasteiger partial charge in [-0.15, -0.1) is 11.3 Å². The molecular formula is C18H21N3O2S. The van der Waals surface area contributed by atoms with Crippen molar-refractivity contribution in [3.8, 4) is 5.75 Å². The SMILES string of the molecule is Cc1csc([C@@H](NC(=O)NC[C@H]2Cc3ccccc3O2)C2CC2)n1. The molecule has 24 heavy (non-hydrogen) atoms. The highest BCUT2D eigenvalue weighted by Crippen LogP contribution is 2.41. The molecule has 2 aliphatic rings. The summed E-state index contributed by atoms with van der Waals surface area (Å²) in [4.78, 5) is 16.8. The lowest BCUT2D eigenvalue weighted by atomic mass is 10.1. The number of amides is 2. The number of ether oxygens (including phenoxy) is 1. The van der Waals surface area contributed by atoms with E-state index < -0.39 is 0 Å². The van der Waals surface area contributed by atoms with Crippen LogP contribution in [0.2, 0.25) is 0 Å². The Morgan fingerprint density at radius 1 is 1.42 bits per heavy atom. The average Bonchev–Trinajstić information content (AvgIpc) is 3.19. The van der Waals surface area contributed by atoms with E-state index in [9.17, 15) is 4.79 Å². The second-order valence-electron chi connectivity index (χ2n) is 6.55. The van der Waals surface area contributed by atoms with Crippen molar-refractivity contribution < 1.29 is 9.53 Å². The van der Waals surface area contributed by atoms with Crippen molar-refractivity contribution in [3.63, 3.8) is 0 Å². The van der Waals surface area contributed by atoms with Gasteiger partial charge in [0.15, 0.2) is 0 Å². The van der Waals surface area contributed by atoms with Crippen molar-refractivity contribution in [2.75, 3.05) is 6.54 Å². The molecule has 2 aromatic rings. The second kappa shape index (κ2) is 6.43. The van der Waals surface area contributed by atoms with Gasteiger partial charge in [0.25, 0.3) is 0 Å². The first kappa shape index (κ1) is 15.4. The smallest absolute Gasteiger partial charge is 0.315 e. The number of para-hydroxylation sites is 1. The Balaban J connectivity index is 1.30. The van der Waals surface area contributed by atoms with Gasteiger partial charge in [0.05, 0.1) is 12.6 Å². The van der Waals surface area contributed by atoms with Gasteiger partial charge in [0.1, 0.15) is 16.9 Å². The summed E-state index contributed by atoms with van der Waals surface area (Å²) < 4.78 is 5.86. The summed E-state index contributed by atoms with van der Waals surface area (Å²) >= 11 is 1.62. The number of nitrogens with zero attached hydrogens (tertiary/aromatic N) is 1. The zero-order valence-corrected chi connectivity index (χ0v) is 14.4. The van der Waals surface area contributed by atoms with Crippen molar-refractivity contribution >= 4 is 17.4 Å². The number of carbonyl (C=O) groups excluding carboxylic acids is 1. The number of nitrogens with one attached hydrogen (secondary N) is 2. The predicted molar refractivity (Wildman–Crippen MR) is 93.4 cm³/mol. The molecule has 1 aromatic heterocycles. The summed E-state index contributed by atoms with van der Waals surface area (Å²) in [5.74, 6) is 1.45. The molecule has 0 bridgehead atoms. The number of benzene rings is 1. The van der Waals surface area contributed by atoms with E-state index in [2.05, 4.69) is 21.7 Å². The molecule has 1 aliphatic carbocycles. The lowest BCUT2D eigenvalue weighted by molar-refractivity contribution is 0.211. The molecule has 2 N–H and O–H groups in total. The average molecular weight is 343 g/mol.